The van der Waals surface area contributed by atoms with Crippen molar-refractivity contribution in [1.82, 2.24) is 9.78 Å². The first kappa shape index (κ1) is 20.9. The number of hydrogen-bond acceptors (Lipinski definition) is 5. The highest BCUT2D eigenvalue weighted by Crippen LogP contribution is 2.41. The van der Waals surface area contributed by atoms with Crippen LogP contribution < -0.4 is 5.56 Å². The molecule has 2 aromatic rings. The second-order valence-electron chi connectivity index (χ2n) is 6.42. The van der Waals surface area contributed by atoms with Gasteiger partial charge in [0.1, 0.15) is 5.56 Å². The van der Waals surface area contributed by atoms with Gasteiger partial charge in [0.05, 0.1) is 10.6 Å². The van der Waals surface area contributed by atoms with Gasteiger partial charge in [-0.25, -0.2) is 13.1 Å². The number of ketones is 1. The van der Waals surface area contributed by atoms with Crippen molar-refractivity contribution in [3.05, 3.63) is 82.0 Å². The van der Waals surface area contributed by atoms with Crippen molar-refractivity contribution in [1.29, 1.82) is 0 Å². The van der Waals surface area contributed by atoms with Crippen LogP contribution >= 0.6 is 11.8 Å². The van der Waals surface area contributed by atoms with Crippen LogP contribution in [0.25, 0.3) is 12.3 Å². The van der Waals surface area contributed by atoms with Crippen molar-refractivity contribution >= 4 is 39.7 Å². The Morgan fingerprint density at radius 2 is 1.90 bits per heavy atom. The molecular weight excluding hydrogens is 408 g/mol. The van der Waals surface area contributed by atoms with Crippen molar-refractivity contribution in [2.45, 2.75) is 28.6 Å². The summed E-state index contributed by atoms with van der Waals surface area (Å²) in [4.78, 5) is 26.4. The predicted molar refractivity (Wildman–Crippen MR) is 117 cm³/mol. The molecule has 29 heavy (non-hydrogen) atoms. The lowest BCUT2D eigenvalue weighted by Crippen LogP contribution is -2.20. The van der Waals surface area contributed by atoms with E-state index in [9.17, 15) is 18.0 Å². The molecule has 1 aromatic heterocycles. The summed E-state index contributed by atoms with van der Waals surface area (Å²) >= 11 is 1.07. The number of hydrogen-bond donors (Lipinski definition) is 1. The SMILES string of the molecule is C=CSc1c(S(=O)(=O)C=C)ccc(C(=O)c2c(C3CC3)[nH]n(C=C)c2=O)c1C=C. The summed E-state index contributed by atoms with van der Waals surface area (Å²) in [6.45, 7) is 14.3. The Kier molecular flexibility index (Phi) is 5.68. The number of aromatic amines is 1. The number of thioether (sulfide) groups is 1. The lowest BCUT2D eigenvalue weighted by molar-refractivity contribution is 0.103. The smallest absolute Gasteiger partial charge is 0.282 e. The number of sulfone groups is 1. The minimum absolute atomic E-state index is 0.00355. The van der Waals surface area contributed by atoms with Gasteiger partial charge in [-0.1, -0.05) is 44.2 Å². The zero-order valence-corrected chi connectivity index (χ0v) is 17.3. The van der Waals surface area contributed by atoms with Crippen molar-refractivity contribution in [2.75, 3.05) is 0 Å². The molecule has 6 nitrogen and oxygen atoms in total. The second kappa shape index (κ2) is 7.88. The van der Waals surface area contributed by atoms with Crippen LogP contribution in [0.15, 0.2) is 63.9 Å². The summed E-state index contributed by atoms with van der Waals surface area (Å²) in [5.41, 5.74) is 0.666. The van der Waals surface area contributed by atoms with Gasteiger partial charge < -0.3 is 0 Å². The van der Waals surface area contributed by atoms with Gasteiger partial charge in [-0.05, 0) is 30.4 Å². The molecule has 1 aliphatic rings. The van der Waals surface area contributed by atoms with Gasteiger partial charge in [0.15, 0.2) is 9.84 Å². The molecule has 0 atom stereocenters. The minimum Gasteiger partial charge on any atom is -0.295 e. The molecule has 1 fully saturated rings. The Bertz CT molecular complexity index is 1210. The number of aromatic nitrogens is 2. The van der Waals surface area contributed by atoms with E-state index in [1.807, 2.05) is 0 Å². The first-order chi connectivity index (χ1) is 13.8. The van der Waals surface area contributed by atoms with E-state index >= 15 is 0 Å². The summed E-state index contributed by atoms with van der Waals surface area (Å²) in [5.74, 6) is -0.366. The molecule has 1 aromatic carbocycles. The number of carbonyl (C=O) groups excluding carboxylic acids is 1. The fourth-order valence-electron chi connectivity index (χ4n) is 3.12. The molecule has 0 aliphatic heterocycles. The maximum Gasteiger partial charge on any atom is 0.282 e. The van der Waals surface area contributed by atoms with Crippen LogP contribution in [0.2, 0.25) is 0 Å². The highest BCUT2D eigenvalue weighted by molar-refractivity contribution is 8.03. The second-order valence-corrected chi connectivity index (χ2v) is 9.26. The van der Waals surface area contributed by atoms with Crippen molar-refractivity contribution in [2.24, 2.45) is 0 Å². The largest absolute Gasteiger partial charge is 0.295 e. The third kappa shape index (κ3) is 3.61. The molecule has 150 valence electrons. The monoisotopic (exact) mass is 428 g/mol. The normalized spacial score (nSPS) is 13.7. The Morgan fingerprint density at radius 3 is 2.41 bits per heavy atom. The number of nitrogens with zero attached hydrogens (tertiary/aromatic N) is 1. The number of rotatable bonds is 9. The molecule has 0 unspecified atom stereocenters. The maximum atomic E-state index is 13.4. The first-order valence-electron chi connectivity index (χ1n) is 8.76. The molecule has 0 spiro atoms. The Morgan fingerprint density at radius 1 is 1.21 bits per heavy atom. The highest BCUT2D eigenvalue weighted by Gasteiger charge is 2.34. The van der Waals surface area contributed by atoms with Crippen LogP contribution in [-0.4, -0.2) is 24.0 Å². The maximum absolute atomic E-state index is 13.4. The Labute approximate surface area is 173 Å². The van der Waals surface area contributed by atoms with E-state index in [4.69, 9.17) is 0 Å². The minimum atomic E-state index is -3.76. The lowest BCUT2D eigenvalue weighted by Gasteiger charge is -2.14. The molecule has 1 aliphatic carbocycles. The number of nitrogens with one attached hydrogen (secondary N) is 1. The van der Waals surface area contributed by atoms with Crippen LogP contribution in [-0.2, 0) is 9.84 Å². The van der Waals surface area contributed by atoms with Crippen LogP contribution in [0.1, 0.15) is 45.9 Å². The average Bonchev–Trinajstić information content (AvgIpc) is 3.50. The third-order valence-corrected chi connectivity index (χ3v) is 7.04. The fourth-order valence-corrected chi connectivity index (χ4v) is 5.09. The predicted octanol–water partition coefficient (Wildman–Crippen LogP) is 4.18. The average molecular weight is 429 g/mol. The van der Waals surface area contributed by atoms with Gasteiger partial charge in [0.25, 0.3) is 5.56 Å². The van der Waals surface area contributed by atoms with Crippen LogP contribution in [0.4, 0.5) is 0 Å². The van der Waals surface area contributed by atoms with Gasteiger partial charge in [0.2, 0.25) is 5.78 Å². The van der Waals surface area contributed by atoms with Crippen LogP contribution in [0.3, 0.4) is 0 Å². The molecule has 0 amide bonds. The molecule has 0 bridgehead atoms. The molecule has 1 heterocycles. The topological polar surface area (TPSA) is 89.0 Å². The van der Waals surface area contributed by atoms with E-state index < -0.39 is 21.2 Å². The summed E-state index contributed by atoms with van der Waals surface area (Å²) in [7, 11) is -3.76. The van der Waals surface area contributed by atoms with E-state index in [0.29, 0.717) is 16.2 Å². The van der Waals surface area contributed by atoms with Crippen molar-refractivity contribution < 1.29 is 13.2 Å². The molecular formula is C21H20N2O4S2. The third-order valence-electron chi connectivity index (χ3n) is 4.67. The van der Waals surface area contributed by atoms with E-state index in [1.54, 1.807) is 0 Å². The standard InChI is InChI=1S/C21H20N2O4S2/c1-5-14-15(11-12-16(20(14)28-7-3)29(26,27)8-4)19(24)17-18(13-9-10-13)22-23(6-2)21(17)25/h5-8,11-13,22H,1-4,9-10H2. The van der Waals surface area contributed by atoms with Gasteiger partial charge in [-0.15, -0.1) is 0 Å². The summed E-state index contributed by atoms with van der Waals surface area (Å²) < 4.78 is 26.0. The lowest BCUT2D eigenvalue weighted by atomic mass is 9.97. The summed E-state index contributed by atoms with van der Waals surface area (Å²) in [6.07, 6.45) is 4.51. The number of H-pyrrole nitrogens is 1. The molecule has 1 N–H and O–H groups in total. The molecule has 1 saturated carbocycles. The van der Waals surface area contributed by atoms with E-state index in [1.165, 1.54) is 34.5 Å². The molecule has 0 saturated heterocycles. The van der Waals surface area contributed by atoms with Crippen molar-refractivity contribution in [3.63, 3.8) is 0 Å². The fraction of sp³-hybridized carbons (Fsp3) is 0.143. The Hall–Kier alpha value is -2.84. The van der Waals surface area contributed by atoms with Gasteiger partial charge in [-0.3, -0.25) is 14.7 Å². The summed E-state index contributed by atoms with van der Waals surface area (Å²) in [6, 6.07) is 2.75. The van der Waals surface area contributed by atoms with Gasteiger partial charge in [-0.2, -0.15) is 0 Å². The highest BCUT2D eigenvalue weighted by atomic mass is 32.2. The summed E-state index contributed by atoms with van der Waals surface area (Å²) in [5, 5.41) is 5.26. The van der Waals surface area contributed by atoms with Crippen LogP contribution in [0, 0.1) is 0 Å². The zero-order valence-electron chi connectivity index (χ0n) is 15.7. The van der Waals surface area contributed by atoms with E-state index in [-0.39, 0.29) is 21.9 Å². The Balaban J connectivity index is 2.27. The number of carbonyl (C=O) groups is 1. The van der Waals surface area contributed by atoms with Gasteiger partial charge >= 0.3 is 0 Å². The molecule has 0 radical (unpaired) electrons. The quantitative estimate of drug-likeness (QED) is 0.478. The first-order valence-corrected chi connectivity index (χ1v) is 11.2. The number of benzene rings is 1. The zero-order chi connectivity index (χ0) is 21.3. The van der Waals surface area contributed by atoms with Crippen LogP contribution in [0.5, 0.6) is 0 Å². The van der Waals surface area contributed by atoms with E-state index in [2.05, 4.69) is 31.4 Å². The van der Waals surface area contributed by atoms with Gasteiger partial charge in [0, 0.05) is 33.5 Å². The molecule has 8 heteroatoms. The molecule has 3 rings (SSSR count). The van der Waals surface area contributed by atoms with Crippen molar-refractivity contribution in [3.8, 4) is 0 Å². The van der Waals surface area contributed by atoms with E-state index in [0.717, 1.165) is 30.0 Å².